The standard InChI is InChI=1S/C18H30O9/c1-2-12(8-6-4-3-5-7-9-15(22)23)18(26)27-11-14(21)17(25)16(24)13(20)10-19/h2,10,12-14,16-17,20-21,24-25H,1,3-9,11H2,(H,22,23)/t12?,13-,14+,16+,17+/m0/s1. The van der Waals surface area contributed by atoms with Gasteiger partial charge in [-0.25, -0.2) is 0 Å². The van der Waals surface area contributed by atoms with E-state index in [-0.39, 0.29) is 12.7 Å². The lowest BCUT2D eigenvalue weighted by Crippen LogP contribution is -2.47. The van der Waals surface area contributed by atoms with E-state index in [1.54, 1.807) is 0 Å². The minimum atomic E-state index is -1.90. The van der Waals surface area contributed by atoms with Crippen LogP contribution in [0.25, 0.3) is 0 Å². The topological polar surface area (TPSA) is 162 Å². The zero-order valence-corrected chi connectivity index (χ0v) is 15.3. The average molecular weight is 390 g/mol. The maximum absolute atomic E-state index is 12.0. The molecule has 0 bridgehead atoms. The van der Waals surface area contributed by atoms with Crippen molar-refractivity contribution in [2.45, 2.75) is 69.4 Å². The third-order valence-corrected chi connectivity index (χ3v) is 4.12. The van der Waals surface area contributed by atoms with Gasteiger partial charge in [0, 0.05) is 6.42 Å². The second-order valence-corrected chi connectivity index (χ2v) is 6.35. The summed E-state index contributed by atoms with van der Waals surface area (Å²) in [4.78, 5) is 32.7. The summed E-state index contributed by atoms with van der Waals surface area (Å²) < 4.78 is 4.90. The number of carbonyl (C=O) groups is 3. The van der Waals surface area contributed by atoms with Crippen molar-refractivity contribution in [2.24, 2.45) is 5.92 Å². The van der Waals surface area contributed by atoms with E-state index < -0.39 is 48.9 Å². The van der Waals surface area contributed by atoms with Crippen LogP contribution >= 0.6 is 0 Å². The monoisotopic (exact) mass is 390 g/mol. The molecular formula is C18H30O9. The van der Waals surface area contributed by atoms with Crippen molar-refractivity contribution in [1.82, 2.24) is 0 Å². The number of carboxylic acids is 1. The van der Waals surface area contributed by atoms with Crippen LogP contribution in [-0.2, 0) is 19.1 Å². The summed E-state index contributed by atoms with van der Waals surface area (Å²) in [5.74, 6) is -2.06. The molecule has 9 heteroatoms. The van der Waals surface area contributed by atoms with Gasteiger partial charge in [-0.1, -0.05) is 31.8 Å². The number of hydrogen-bond acceptors (Lipinski definition) is 8. The van der Waals surface area contributed by atoms with Crippen molar-refractivity contribution in [3.8, 4) is 0 Å². The number of rotatable bonds is 16. The van der Waals surface area contributed by atoms with E-state index in [9.17, 15) is 29.7 Å². The summed E-state index contributed by atoms with van der Waals surface area (Å²) in [5.41, 5.74) is 0. The molecule has 0 rings (SSSR count). The van der Waals surface area contributed by atoms with Crippen LogP contribution in [0.15, 0.2) is 12.7 Å². The minimum Gasteiger partial charge on any atom is -0.481 e. The van der Waals surface area contributed by atoms with Gasteiger partial charge in [0.15, 0.2) is 6.29 Å². The molecule has 0 aliphatic rings. The van der Waals surface area contributed by atoms with Gasteiger partial charge in [-0.15, -0.1) is 6.58 Å². The third kappa shape index (κ3) is 10.8. The second kappa shape index (κ2) is 14.3. The number of hydrogen-bond donors (Lipinski definition) is 5. The van der Waals surface area contributed by atoms with Gasteiger partial charge in [-0.05, 0) is 12.8 Å². The molecule has 5 N–H and O–H groups in total. The largest absolute Gasteiger partial charge is 0.481 e. The summed E-state index contributed by atoms with van der Waals surface area (Å²) in [5, 5.41) is 46.4. The van der Waals surface area contributed by atoms with Gasteiger partial charge in [-0.2, -0.15) is 0 Å². The highest BCUT2D eigenvalue weighted by atomic mass is 16.5. The summed E-state index contributed by atoms with van der Waals surface area (Å²) in [6, 6.07) is 0. The first-order valence-electron chi connectivity index (χ1n) is 8.93. The molecule has 0 radical (unpaired) electrons. The maximum Gasteiger partial charge on any atom is 0.312 e. The van der Waals surface area contributed by atoms with Crippen LogP contribution in [0.4, 0.5) is 0 Å². The van der Waals surface area contributed by atoms with Crippen molar-refractivity contribution in [2.75, 3.05) is 6.61 Å². The highest BCUT2D eigenvalue weighted by Crippen LogP contribution is 2.15. The van der Waals surface area contributed by atoms with Crippen LogP contribution in [0, 0.1) is 5.92 Å². The fourth-order valence-corrected chi connectivity index (χ4v) is 2.39. The van der Waals surface area contributed by atoms with Crippen LogP contribution in [0.3, 0.4) is 0 Å². The summed E-state index contributed by atoms with van der Waals surface area (Å²) in [6.45, 7) is 2.96. The molecular weight excluding hydrogens is 360 g/mol. The molecule has 0 heterocycles. The predicted octanol–water partition coefficient (Wildman–Crippen LogP) is -0.210. The molecule has 0 aliphatic carbocycles. The zero-order valence-electron chi connectivity index (χ0n) is 15.3. The van der Waals surface area contributed by atoms with Gasteiger partial charge in [0.25, 0.3) is 0 Å². The molecule has 0 aromatic carbocycles. The van der Waals surface area contributed by atoms with E-state index in [4.69, 9.17) is 14.9 Å². The number of aliphatic hydroxyl groups is 4. The lowest BCUT2D eigenvalue weighted by atomic mass is 10.00. The Morgan fingerprint density at radius 2 is 1.56 bits per heavy atom. The van der Waals surface area contributed by atoms with Crippen LogP contribution < -0.4 is 0 Å². The van der Waals surface area contributed by atoms with Crippen LogP contribution in [0.1, 0.15) is 44.9 Å². The molecule has 0 saturated carbocycles. The number of unbranched alkanes of at least 4 members (excludes halogenated alkanes) is 4. The first kappa shape index (κ1) is 25.2. The van der Waals surface area contributed by atoms with Crippen molar-refractivity contribution < 1.29 is 44.7 Å². The molecule has 27 heavy (non-hydrogen) atoms. The van der Waals surface area contributed by atoms with E-state index in [1.807, 2.05) is 0 Å². The van der Waals surface area contributed by atoms with Crippen molar-refractivity contribution in [3.63, 3.8) is 0 Å². The molecule has 0 aliphatic heterocycles. The Kier molecular flexibility index (Phi) is 13.3. The van der Waals surface area contributed by atoms with Gasteiger partial charge >= 0.3 is 11.9 Å². The van der Waals surface area contributed by atoms with Crippen LogP contribution in [0.2, 0.25) is 0 Å². The Balaban J connectivity index is 4.13. The van der Waals surface area contributed by atoms with E-state index in [0.717, 1.165) is 19.3 Å². The Morgan fingerprint density at radius 1 is 0.963 bits per heavy atom. The van der Waals surface area contributed by atoms with Gasteiger partial charge < -0.3 is 35.1 Å². The van der Waals surface area contributed by atoms with Crippen molar-refractivity contribution >= 4 is 18.2 Å². The molecule has 0 amide bonds. The normalized spacial score (nSPS) is 16.6. The maximum atomic E-state index is 12.0. The fourth-order valence-electron chi connectivity index (χ4n) is 2.39. The Morgan fingerprint density at radius 3 is 2.11 bits per heavy atom. The zero-order chi connectivity index (χ0) is 20.8. The second-order valence-electron chi connectivity index (χ2n) is 6.35. The number of ether oxygens (including phenoxy) is 1. The van der Waals surface area contributed by atoms with Crippen LogP contribution in [0.5, 0.6) is 0 Å². The number of esters is 1. The predicted molar refractivity (Wildman–Crippen MR) is 94.7 cm³/mol. The number of aliphatic carboxylic acids is 1. The molecule has 9 nitrogen and oxygen atoms in total. The van der Waals surface area contributed by atoms with Crippen LogP contribution in [-0.4, -0.2) is 74.8 Å². The van der Waals surface area contributed by atoms with Gasteiger partial charge in [-0.3, -0.25) is 9.59 Å². The highest BCUT2D eigenvalue weighted by molar-refractivity contribution is 5.74. The van der Waals surface area contributed by atoms with Gasteiger partial charge in [0.1, 0.15) is 31.0 Å². The first-order valence-corrected chi connectivity index (χ1v) is 8.93. The number of carbonyl (C=O) groups excluding carboxylic acids is 2. The molecule has 0 fully saturated rings. The Bertz CT molecular complexity index is 466. The first-order chi connectivity index (χ1) is 12.7. The van der Waals surface area contributed by atoms with E-state index in [1.165, 1.54) is 6.08 Å². The number of aldehydes is 1. The summed E-state index contributed by atoms with van der Waals surface area (Å²) >= 11 is 0. The molecule has 1 unspecified atom stereocenters. The van der Waals surface area contributed by atoms with Gasteiger partial charge in [0.05, 0.1) is 5.92 Å². The molecule has 156 valence electrons. The summed E-state index contributed by atoms with van der Waals surface area (Å²) in [7, 11) is 0. The smallest absolute Gasteiger partial charge is 0.312 e. The highest BCUT2D eigenvalue weighted by Gasteiger charge is 2.31. The molecule has 0 spiro atoms. The average Bonchev–Trinajstić information content (AvgIpc) is 2.65. The molecule has 0 saturated heterocycles. The van der Waals surface area contributed by atoms with E-state index >= 15 is 0 Å². The third-order valence-electron chi connectivity index (χ3n) is 4.12. The molecule has 0 aromatic rings. The summed E-state index contributed by atoms with van der Waals surface area (Å²) in [6.07, 6.45) is -1.40. The number of aliphatic hydroxyl groups excluding tert-OH is 4. The van der Waals surface area contributed by atoms with E-state index in [2.05, 4.69) is 6.58 Å². The molecule has 0 aromatic heterocycles. The van der Waals surface area contributed by atoms with Gasteiger partial charge in [0.2, 0.25) is 0 Å². The fraction of sp³-hybridized carbons (Fsp3) is 0.722. The quantitative estimate of drug-likeness (QED) is 0.104. The van der Waals surface area contributed by atoms with E-state index in [0.29, 0.717) is 19.3 Å². The SMILES string of the molecule is C=CC(CCCCCCCC(=O)O)C(=O)OC[C@@H](O)[C@@H](O)[C@H](O)[C@@H](O)C=O. The lowest BCUT2D eigenvalue weighted by molar-refractivity contribution is -0.159. The minimum absolute atomic E-state index is 0.0159. The number of carboxylic acid groups (broad SMARTS) is 1. The Hall–Kier alpha value is -1.81. The Labute approximate surface area is 158 Å². The van der Waals surface area contributed by atoms with Crippen molar-refractivity contribution in [1.29, 1.82) is 0 Å². The van der Waals surface area contributed by atoms with Crippen molar-refractivity contribution in [3.05, 3.63) is 12.7 Å². The lowest BCUT2D eigenvalue weighted by Gasteiger charge is -2.24. The molecule has 5 atom stereocenters.